The lowest BCUT2D eigenvalue weighted by Gasteiger charge is -2.29. The van der Waals surface area contributed by atoms with Crippen molar-refractivity contribution in [2.24, 2.45) is 0 Å². The lowest BCUT2D eigenvalue weighted by molar-refractivity contribution is -0.121. The van der Waals surface area contributed by atoms with Crippen LogP contribution in [0.15, 0.2) is 79.3 Å². The lowest BCUT2D eigenvalue weighted by atomic mass is 10.1. The van der Waals surface area contributed by atoms with Crippen LogP contribution in [0.4, 0.5) is 5.69 Å². The molecule has 0 aliphatic carbocycles. The first-order chi connectivity index (χ1) is 20.2. The summed E-state index contributed by atoms with van der Waals surface area (Å²) in [6.45, 7) is 3.28. The van der Waals surface area contributed by atoms with E-state index >= 15 is 0 Å². The summed E-state index contributed by atoms with van der Waals surface area (Å²) in [4.78, 5) is 19.2. The van der Waals surface area contributed by atoms with Crippen LogP contribution in [0.3, 0.4) is 0 Å². The van der Waals surface area contributed by atoms with E-state index in [1.807, 2.05) is 64.9 Å². The molecule has 1 heterocycles. The number of hydrogen-bond donors (Lipinski definition) is 2. The zero-order valence-electron chi connectivity index (χ0n) is 23.2. The number of benzene rings is 3. The molecule has 0 radical (unpaired) electrons. The molecular weight excluding hydrogens is 591 g/mol. The summed E-state index contributed by atoms with van der Waals surface area (Å²) >= 11 is 18.5. The van der Waals surface area contributed by atoms with Crippen molar-refractivity contribution in [3.8, 4) is 11.8 Å². The maximum absolute atomic E-state index is 13.1. The second-order valence-corrected chi connectivity index (χ2v) is 10.9. The third-order valence-electron chi connectivity index (χ3n) is 6.50. The van der Waals surface area contributed by atoms with Crippen molar-refractivity contribution in [3.63, 3.8) is 0 Å². The minimum Gasteiger partial charge on any atom is -0.497 e. The smallest absolute Gasteiger partial charge is 0.226 e. The highest BCUT2D eigenvalue weighted by atomic mass is 35.5. The Morgan fingerprint density at radius 2 is 1.88 bits per heavy atom. The first-order valence-electron chi connectivity index (χ1n) is 13.2. The number of imidazole rings is 1. The quantitative estimate of drug-likeness (QED) is 0.197. The van der Waals surface area contributed by atoms with Gasteiger partial charge >= 0.3 is 0 Å². The van der Waals surface area contributed by atoms with E-state index in [9.17, 15) is 4.79 Å². The number of carbonyl (C=O) groups is 1. The highest BCUT2D eigenvalue weighted by molar-refractivity contribution is 7.80. The van der Waals surface area contributed by atoms with Crippen molar-refractivity contribution in [2.75, 3.05) is 19.0 Å². The zero-order chi connectivity index (χ0) is 30.1. The SMILES string of the molecule is COc1ccc(NC(=S)N(Cc2cccc(Cl)c2Cl)C[C@H](C)NC(=O)Cc2cncn2Cc2ccc(C#N)cc2)cc1. The number of halogens is 2. The number of nitrogens with zero attached hydrogens (tertiary/aromatic N) is 4. The third-order valence-corrected chi connectivity index (χ3v) is 7.72. The van der Waals surface area contributed by atoms with Crippen molar-refractivity contribution in [2.45, 2.75) is 32.5 Å². The van der Waals surface area contributed by atoms with Gasteiger partial charge in [-0.05, 0) is 72.7 Å². The van der Waals surface area contributed by atoms with Gasteiger partial charge in [0.25, 0.3) is 0 Å². The van der Waals surface area contributed by atoms with Crippen LogP contribution in [0.25, 0.3) is 0 Å². The predicted molar refractivity (Wildman–Crippen MR) is 170 cm³/mol. The number of thiocarbonyl (C=S) groups is 1. The van der Waals surface area contributed by atoms with E-state index in [1.54, 1.807) is 37.8 Å². The second kappa shape index (κ2) is 14.7. The number of anilines is 1. The molecule has 0 unspecified atom stereocenters. The highest BCUT2D eigenvalue weighted by Gasteiger charge is 2.19. The molecule has 0 spiro atoms. The van der Waals surface area contributed by atoms with E-state index in [1.165, 1.54) is 0 Å². The standard InChI is InChI=1S/C31H30Cl2N6O2S/c1-21(36-29(40)14-26-16-35-20-39(26)18-23-8-6-22(15-34)7-9-23)17-38(19-24-4-3-5-28(32)30(24)33)31(42)37-25-10-12-27(41-2)13-11-25/h3-13,16,20-21H,14,17-19H2,1-2H3,(H,36,40)(H,37,42)/t21-/m0/s1. The van der Waals surface area contributed by atoms with E-state index in [0.29, 0.717) is 40.4 Å². The number of methoxy groups -OCH3 is 1. The van der Waals surface area contributed by atoms with Gasteiger partial charge in [0.2, 0.25) is 5.91 Å². The van der Waals surface area contributed by atoms with E-state index in [4.69, 9.17) is 45.4 Å². The topological polar surface area (TPSA) is 95.2 Å². The molecule has 3 aromatic carbocycles. The summed E-state index contributed by atoms with van der Waals surface area (Å²) in [6.07, 6.45) is 3.55. The van der Waals surface area contributed by atoms with Gasteiger partial charge in [0.1, 0.15) is 5.75 Å². The van der Waals surface area contributed by atoms with Crippen LogP contribution in [0.1, 0.15) is 29.3 Å². The maximum atomic E-state index is 13.1. The molecule has 11 heteroatoms. The van der Waals surface area contributed by atoms with Crippen LogP contribution in [0.2, 0.25) is 10.0 Å². The van der Waals surface area contributed by atoms with Gasteiger partial charge in [-0.15, -0.1) is 0 Å². The van der Waals surface area contributed by atoms with Gasteiger partial charge in [0.15, 0.2) is 5.11 Å². The largest absolute Gasteiger partial charge is 0.497 e. The summed E-state index contributed by atoms with van der Waals surface area (Å²) in [6, 6.07) is 22.1. The fourth-order valence-corrected chi connectivity index (χ4v) is 4.99. The Kier molecular flexibility index (Phi) is 10.8. The number of rotatable bonds is 11. The van der Waals surface area contributed by atoms with Crippen molar-refractivity contribution < 1.29 is 9.53 Å². The number of aromatic nitrogens is 2. The van der Waals surface area contributed by atoms with Crippen LogP contribution in [0, 0.1) is 11.3 Å². The fourth-order valence-electron chi connectivity index (χ4n) is 4.36. The Hall–Kier alpha value is -4.10. The Balaban J connectivity index is 1.41. The molecule has 1 atom stereocenters. The molecule has 8 nitrogen and oxygen atoms in total. The van der Waals surface area contributed by atoms with Crippen molar-refractivity contribution >= 4 is 52.1 Å². The minimum atomic E-state index is -0.249. The third kappa shape index (κ3) is 8.46. The first-order valence-corrected chi connectivity index (χ1v) is 14.3. The Bertz CT molecular complexity index is 1570. The second-order valence-electron chi connectivity index (χ2n) is 9.72. The number of nitriles is 1. The van der Waals surface area contributed by atoms with Gasteiger partial charge < -0.3 is 24.8 Å². The average Bonchev–Trinajstić information content (AvgIpc) is 3.41. The molecule has 0 aliphatic rings. The lowest BCUT2D eigenvalue weighted by Crippen LogP contribution is -2.45. The molecule has 42 heavy (non-hydrogen) atoms. The molecule has 4 rings (SSSR count). The fraction of sp³-hybridized carbons (Fsp3) is 0.226. The average molecular weight is 622 g/mol. The normalized spacial score (nSPS) is 11.3. The van der Waals surface area contributed by atoms with E-state index in [-0.39, 0.29) is 18.4 Å². The maximum Gasteiger partial charge on any atom is 0.226 e. The van der Waals surface area contributed by atoms with E-state index in [0.717, 1.165) is 28.3 Å². The summed E-state index contributed by atoms with van der Waals surface area (Å²) in [7, 11) is 1.61. The molecule has 2 N–H and O–H groups in total. The van der Waals surface area contributed by atoms with Crippen LogP contribution < -0.4 is 15.4 Å². The van der Waals surface area contributed by atoms with Crippen LogP contribution in [0.5, 0.6) is 5.75 Å². The Labute approximate surface area is 260 Å². The molecule has 216 valence electrons. The molecular formula is C31H30Cl2N6O2S. The number of carbonyl (C=O) groups excluding carboxylic acids is 1. The first kappa shape index (κ1) is 30.8. The van der Waals surface area contributed by atoms with Gasteiger partial charge in [0, 0.05) is 43.3 Å². The molecule has 0 aliphatic heterocycles. The van der Waals surface area contributed by atoms with Crippen LogP contribution in [-0.4, -0.2) is 45.2 Å². The minimum absolute atomic E-state index is 0.140. The van der Waals surface area contributed by atoms with E-state index in [2.05, 4.69) is 21.7 Å². The molecule has 0 saturated carbocycles. The Morgan fingerprint density at radius 1 is 1.14 bits per heavy atom. The predicted octanol–water partition coefficient (Wildman–Crippen LogP) is 6.06. The van der Waals surface area contributed by atoms with Gasteiger partial charge in [-0.25, -0.2) is 4.98 Å². The summed E-state index contributed by atoms with van der Waals surface area (Å²) in [5.74, 6) is 0.600. The van der Waals surface area contributed by atoms with Gasteiger partial charge in [-0.3, -0.25) is 4.79 Å². The van der Waals surface area contributed by atoms with Crippen molar-refractivity contribution in [1.82, 2.24) is 19.8 Å². The van der Waals surface area contributed by atoms with Gasteiger partial charge in [0.05, 0.1) is 41.5 Å². The number of hydrogen-bond acceptors (Lipinski definition) is 5. The zero-order valence-corrected chi connectivity index (χ0v) is 25.5. The molecule has 0 fully saturated rings. The summed E-state index contributed by atoms with van der Waals surface area (Å²) in [5, 5.41) is 16.8. The van der Waals surface area contributed by atoms with Gasteiger partial charge in [-0.2, -0.15) is 5.26 Å². The monoisotopic (exact) mass is 620 g/mol. The van der Waals surface area contributed by atoms with Gasteiger partial charge in [-0.1, -0.05) is 47.5 Å². The van der Waals surface area contributed by atoms with Crippen LogP contribution in [-0.2, 0) is 24.3 Å². The highest BCUT2D eigenvalue weighted by Crippen LogP contribution is 2.27. The van der Waals surface area contributed by atoms with Crippen LogP contribution >= 0.6 is 35.4 Å². The summed E-state index contributed by atoms with van der Waals surface area (Å²) in [5.41, 5.74) is 4.00. The summed E-state index contributed by atoms with van der Waals surface area (Å²) < 4.78 is 7.17. The van der Waals surface area contributed by atoms with Crippen molar-refractivity contribution in [3.05, 3.63) is 112 Å². The number of ether oxygens (including phenoxy) is 1. The molecule has 0 saturated heterocycles. The van der Waals surface area contributed by atoms with Crippen molar-refractivity contribution in [1.29, 1.82) is 5.26 Å². The molecule has 4 aromatic rings. The molecule has 1 amide bonds. The molecule has 1 aromatic heterocycles. The Morgan fingerprint density at radius 3 is 2.57 bits per heavy atom. The number of amides is 1. The van der Waals surface area contributed by atoms with E-state index < -0.39 is 0 Å². The molecule has 0 bridgehead atoms. The number of nitrogens with one attached hydrogen (secondary N) is 2.